The number of methoxy groups -OCH3 is 1. The molecule has 7 heteroatoms. The van der Waals surface area contributed by atoms with Crippen LogP contribution in [0.25, 0.3) is 0 Å². The zero-order chi connectivity index (χ0) is 16.9. The zero-order valence-corrected chi connectivity index (χ0v) is 13.4. The van der Waals surface area contributed by atoms with Crippen molar-refractivity contribution in [3.63, 3.8) is 0 Å². The molecule has 1 amide bonds. The maximum absolute atomic E-state index is 13.1. The quantitative estimate of drug-likeness (QED) is 0.812. The van der Waals surface area contributed by atoms with E-state index in [0.29, 0.717) is 31.4 Å². The van der Waals surface area contributed by atoms with E-state index in [4.69, 9.17) is 13.9 Å². The minimum atomic E-state index is -0.379. The number of benzene rings is 1. The van der Waals surface area contributed by atoms with E-state index in [1.807, 2.05) is 0 Å². The molecule has 0 N–H and O–H groups in total. The summed E-state index contributed by atoms with van der Waals surface area (Å²) in [6, 6.07) is 5.80. The van der Waals surface area contributed by atoms with Crippen molar-refractivity contribution < 1.29 is 23.1 Å². The normalized spacial score (nSPS) is 17.2. The number of nitrogens with zero attached hydrogens (tertiary/aromatic N) is 2. The monoisotopic (exact) mass is 334 g/mol. The third-order valence-electron chi connectivity index (χ3n) is 3.90. The Bertz CT molecular complexity index is 703. The van der Waals surface area contributed by atoms with Crippen LogP contribution in [-0.4, -0.2) is 42.6 Å². The fourth-order valence-electron chi connectivity index (χ4n) is 2.73. The molecule has 128 valence electrons. The third-order valence-corrected chi connectivity index (χ3v) is 3.90. The van der Waals surface area contributed by atoms with Crippen molar-refractivity contribution in [3.05, 3.63) is 47.9 Å². The predicted octanol–water partition coefficient (Wildman–Crippen LogP) is 2.50. The van der Waals surface area contributed by atoms with Gasteiger partial charge in [-0.15, -0.1) is 0 Å². The van der Waals surface area contributed by atoms with Crippen LogP contribution in [0.15, 0.2) is 34.9 Å². The van der Waals surface area contributed by atoms with E-state index < -0.39 is 0 Å². The molecule has 1 atom stereocenters. The van der Waals surface area contributed by atoms with E-state index in [1.165, 1.54) is 18.4 Å². The Labute approximate surface area is 139 Å². The van der Waals surface area contributed by atoms with Gasteiger partial charge in [0.15, 0.2) is 12.3 Å². The lowest BCUT2D eigenvalue weighted by atomic mass is 10.1. The molecular weight excluding hydrogens is 315 g/mol. The van der Waals surface area contributed by atoms with E-state index in [9.17, 15) is 9.18 Å². The Balaban J connectivity index is 1.56. The molecular formula is C17H19FN2O4. The van der Waals surface area contributed by atoms with Gasteiger partial charge in [-0.3, -0.25) is 4.79 Å². The van der Waals surface area contributed by atoms with Crippen molar-refractivity contribution in [3.8, 4) is 5.75 Å². The first kappa shape index (κ1) is 16.4. The lowest BCUT2D eigenvalue weighted by Gasteiger charge is -2.14. The van der Waals surface area contributed by atoms with Gasteiger partial charge in [-0.1, -0.05) is 6.07 Å². The molecule has 6 nitrogen and oxygen atoms in total. The van der Waals surface area contributed by atoms with E-state index in [-0.39, 0.29) is 29.9 Å². The van der Waals surface area contributed by atoms with Gasteiger partial charge in [-0.05, 0) is 18.6 Å². The number of aromatic nitrogens is 1. The summed E-state index contributed by atoms with van der Waals surface area (Å²) in [5.74, 6) is 0.477. The summed E-state index contributed by atoms with van der Waals surface area (Å²) in [5.41, 5.74) is 0.255. The minimum absolute atomic E-state index is 0.0308. The summed E-state index contributed by atoms with van der Waals surface area (Å²) in [4.78, 5) is 18.3. The Morgan fingerprint density at radius 3 is 3.17 bits per heavy atom. The lowest BCUT2D eigenvalue weighted by Crippen LogP contribution is -2.29. The van der Waals surface area contributed by atoms with Gasteiger partial charge >= 0.3 is 0 Å². The van der Waals surface area contributed by atoms with E-state index in [2.05, 4.69) is 4.98 Å². The predicted molar refractivity (Wildman–Crippen MR) is 83.1 cm³/mol. The van der Waals surface area contributed by atoms with Crippen LogP contribution < -0.4 is 4.74 Å². The number of hydrogen-bond acceptors (Lipinski definition) is 5. The maximum atomic E-state index is 13.1. The van der Waals surface area contributed by atoms with Crippen LogP contribution in [0.1, 0.15) is 22.8 Å². The van der Waals surface area contributed by atoms with Crippen molar-refractivity contribution in [2.45, 2.75) is 13.0 Å². The number of carbonyl (C=O) groups excluding carboxylic acids is 1. The van der Waals surface area contributed by atoms with Crippen LogP contribution in [0.3, 0.4) is 0 Å². The molecule has 0 bridgehead atoms. The number of rotatable bonds is 6. The van der Waals surface area contributed by atoms with Crippen LogP contribution in [0.5, 0.6) is 5.75 Å². The molecule has 0 saturated carbocycles. The van der Waals surface area contributed by atoms with Crippen LogP contribution >= 0.6 is 0 Å². The molecule has 0 radical (unpaired) electrons. The number of carbonyl (C=O) groups is 1. The van der Waals surface area contributed by atoms with Crippen molar-refractivity contribution in [2.24, 2.45) is 5.92 Å². The highest BCUT2D eigenvalue weighted by Crippen LogP contribution is 2.19. The third kappa shape index (κ3) is 3.91. The Morgan fingerprint density at radius 1 is 1.50 bits per heavy atom. The van der Waals surface area contributed by atoms with Gasteiger partial charge in [0.05, 0.1) is 6.61 Å². The SMILES string of the molecule is COC[C@@H]1CCN(C(=O)c2coc(COc3cccc(F)c3)n2)C1. The molecule has 2 heterocycles. The topological polar surface area (TPSA) is 64.8 Å². The van der Waals surface area contributed by atoms with Gasteiger partial charge in [-0.25, -0.2) is 9.37 Å². The van der Waals surface area contributed by atoms with Gasteiger partial charge < -0.3 is 18.8 Å². The summed E-state index contributed by atoms with van der Waals surface area (Å²) < 4.78 is 28.9. The van der Waals surface area contributed by atoms with Crippen molar-refractivity contribution in [2.75, 3.05) is 26.8 Å². The zero-order valence-electron chi connectivity index (χ0n) is 13.4. The standard InChI is InChI=1S/C17H19FN2O4/c1-22-9-12-5-6-20(8-12)17(21)15-10-24-16(19-15)11-23-14-4-2-3-13(18)7-14/h2-4,7,10,12H,5-6,8-9,11H2,1H3/t12-/m1/s1. The minimum Gasteiger partial charge on any atom is -0.484 e. The van der Waals surface area contributed by atoms with Gasteiger partial charge in [0.25, 0.3) is 5.91 Å². The smallest absolute Gasteiger partial charge is 0.275 e. The first-order chi connectivity index (χ1) is 11.7. The van der Waals surface area contributed by atoms with Crippen molar-refractivity contribution >= 4 is 5.91 Å². The van der Waals surface area contributed by atoms with Crippen LogP contribution in [0, 0.1) is 11.7 Å². The number of halogens is 1. The Morgan fingerprint density at radius 2 is 2.38 bits per heavy atom. The number of ether oxygens (including phenoxy) is 2. The molecule has 3 rings (SSSR count). The van der Waals surface area contributed by atoms with Gasteiger partial charge in [0.1, 0.15) is 17.8 Å². The average Bonchev–Trinajstić information content (AvgIpc) is 3.22. The van der Waals surface area contributed by atoms with E-state index >= 15 is 0 Å². The molecule has 1 aromatic carbocycles. The summed E-state index contributed by atoms with van der Waals surface area (Å²) in [6.45, 7) is 2.03. The number of likely N-dealkylation sites (tertiary alicyclic amines) is 1. The second kappa shape index (κ2) is 7.44. The molecule has 0 aliphatic carbocycles. The van der Waals surface area contributed by atoms with Crippen molar-refractivity contribution in [1.29, 1.82) is 0 Å². The fourth-order valence-corrected chi connectivity index (χ4v) is 2.73. The van der Waals surface area contributed by atoms with Gasteiger partial charge in [0.2, 0.25) is 5.89 Å². The summed E-state index contributed by atoms with van der Waals surface area (Å²) >= 11 is 0. The van der Waals surface area contributed by atoms with Gasteiger partial charge in [-0.2, -0.15) is 0 Å². The second-order valence-electron chi connectivity index (χ2n) is 5.73. The molecule has 2 aromatic rings. The molecule has 1 aromatic heterocycles. The van der Waals surface area contributed by atoms with Gasteiger partial charge in [0, 0.05) is 32.2 Å². The van der Waals surface area contributed by atoms with E-state index in [0.717, 1.165) is 6.42 Å². The summed E-state index contributed by atoms with van der Waals surface area (Å²) in [6.07, 6.45) is 2.25. The average molecular weight is 334 g/mol. The highest BCUT2D eigenvalue weighted by molar-refractivity contribution is 5.92. The summed E-state index contributed by atoms with van der Waals surface area (Å²) in [5, 5.41) is 0. The molecule has 1 fully saturated rings. The highest BCUT2D eigenvalue weighted by atomic mass is 19.1. The molecule has 1 saturated heterocycles. The largest absolute Gasteiger partial charge is 0.484 e. The first-order valence-electron chi connectivity index (χ1n) is 7.76. The Kier molecular flexibility index (Phi) is 5.10. The van der Waals surface area contributed by atoms with E-state index in [1.54, 1.807) is 24.1 Å². The maximum Gasteiger partial charge on any atom is 0.275 e. The van der Waals surface area contributed by atoms with Crippen LogP contribution in [0.4, 0.5) is 4.39 Å². The van der Waals surface area contributed by atoms with Crippen LogP contribution in [-0.2, 0) is 11.3 Å². The number of hydrogen-bond donors (Lipinski definition) is 0. The second-order valence-corrected chi connectivity index (χ2v) is 5.73. The number of amides is 1. The first-order valence-corrected chi connectivity index (χ1v) is 7.76. The summed E-state index contributed by atoms with van der Waals surface area (Å²) in [7, 11) is 1.66. The molecule has 0 spiro atoms. The Hall–Kier alpha value is -2.41. The fraction of sp³-hybridized carbons (Fsp3) is 0.412. The molecule has 0 unspecified atom stereocenters. The number of oxazole rings is 1. The molecule has 1 aliphatic rings. The van der Waals surface area contributed by atoms with Crippen molar-refractivity contribution in [1.82, 2.24) is 9.88 Å². The highest BCUT2D eigenvalue weighted by Gasteiger charge is 2.28. The van der Waals surface area contributed by atoms with Crippen LogP contribution in [0.2, 0.25) is 0 Å². The lowest BCUT2D eigenvalue weighted by molar-refractivity contribution is 0.0769. The molecule has 1 aliphatic heterocycles. The molecule has 24 heavy (non-hydrogen) atoms.